The van der Waals surface area contributed by atoms with Crippen molar-refractivity contribution in [3.8, 4) is 24.1 Å². The van der Waals surface area contributed by atoms with E-state index in [2.05, 4.69) is 35.6 Å². The Bertz CT molecular complexity index is 1570. The Morgan fingerprint density at radius 3 is 1.63 bits per heavy atom. The third-order valence-corrected chi connectivity index (χ3v) is 5.92. The highest BCUT2D eigenvalue weighted by atomic mass is 35.5. The van der Waals surface area contributed by atoms with Gasteiger partial charge in [-0.05, 0) is 18.1 Å². The van der Waals surface area contributed by atoms with Crippen LogP contribution >= 0.6 is 46.4 Å². The topological polar surface area (TPSA) is 190 Å². The van der Waals surface area contributed by atoms with Crippen LogP contribution in [-0.4, -0.2) is 67.5 Å². The Labute approximate surface area is 284 Å². The van der Waals surface area contributed by atoms with Crippen molar-refractivity contribution in [2.75, 3.05) is 35.5 Å². The number of carbonyl (C=O) groups excluding carboxylic acids is 2. The monoisotopic (exact) mass is 727 g/mol. The number of aliphatic hydroxyl groups excluding tert-OH is 1. The van der Waals surface area contributed by atoms with Crippen LogP contribution in [0.2, 0.25) is 20.6 Å². The number of hydrogen-bond acceptors (Lipinski definition) is 14. The molecule has 0 spiro atoms. The molecule has 0 bridgehead atoms. The van der Waals surface area contributed by atoms with Crippen LogP contribution < -0.4 is 20.7 Å². The summed E-state index contributed by atoms with van der Waals surface area (Å²) in [7, 11) is 6.31. The Morgan fingerprint density at radius 2 is 1.24 bits per heavy atom. The van der Waals surface area contributed by atoms with Gasteiger partial charge in [0, 0.05) is 25.9 Å². The third kappa shape index (κ3) is 14.9. The second-order valence-corrected chi connectivity index (χ2v) is 8.85. The van der Waals surface area contributed by atoms with E-state index in [1.807, 2.05) is 13.8 Å². The summed E-state index contributed by atoms with van der Waals surface area (Å²) >= 11 is 22.5. The highest BCUT2D eigenvalue weighted by Gasteiger charge is 2.17. The van der Waals surface area contributed by atoms with Gasteiger partial charge < -0.3 is 32.9 Å². The van der Waals surface area contributed by atoms with Crippen LogP contribution in [0.4, 0.5) is 0 Å². The smallest absolute Gasteiger partial charge is 0.399 e. The first-order valence-corrected chi connectivity index (χ1v) is 14.2. The van der Waals surface area contributed by atoms with Gasteiger partial charge >= 0.3 is 29.1 Å². The van der Waals surface area contributed by atoms with Crippen molar-refractivity contribution < 1.29 is 42.5 Å². The molecule has 3 heterocycles. The lowest BCUT2D eigenvalue weighted by Crippen LogP contribution is -2.08. The number of aliphatic hydroxyl groups is 1. The summed E-state index contributed by atoms with van der Waals surface area (Å²) in [6.07, 6.45) is 6.31. The Balaban J connectivity index is 0. The molecule has 0 atom stereocenters. The number of pyridine rings is 1. The molecule has 0 aliphatic heterocycles. The molecule has 46 heavy (non-hydrogen) atoms. The molecule has 14 nitrogen and oxygen atoms in total. The number of methoxy groups -OCH3 is 4. The number of aromatic nitrogens is 3. The summed E-state index contributed by atoms with van der Waals surface area (Å²) in [4.78, 5) is 54.1. The average Bonchev–Trinajstić information content (AvgIpc) is 3.07. The lowest BCUT2D eigenvalue weighted by Gasteiger charge is -2.08. The minimum Gasteiger partial charge on any atom is -0.480 e. The number of rotatable bonds is 6. The van der Waals surface area contributed by atoms with Crippen molar-refractivity contribution in [2.45, 2.75) is 40.0 Å². The molecule has 3 rings (SSSR count). The van der Waals surface area contributed by atoms with Gasteiger partial charge in [-0.15, -0.1) is 6.42 Å². The Kier molecular flexibility index (Phi) is 23.4. The fourth-order valence-electron chi connectivity index (χ4n) is 2.59. The SMILES string of the molecule is C#CC(=O)OC.CCc1cc(C(=O)OC)c(OC)nc1Cl.CCc1oc(=O)c(Cl)nc1Cl.CCc1oc(=O)c(OC)nc1Cl.CO. The van der Waals surface area contributed by atoms with Crippen molar-refractivity contribution in [1.82, 2.24) is 15.0 Å². The normalized spacial score (nSPS) is 9.13. The number of carbonyl (C=O) groups is 2. The summed E-state index contributed by atoms with van der Waals surface area (Å²) in [5.41, 5.74) is -0.161. The van der Waals surface area contributed by atoms with Crippen molar-refractivity contribution in [2.24, 2.45) is 0 Å². The van der Waals surface area contributed by atoms with Gasteiger partial charge in [-0.3, -0.25) is 0 Å². The molecule has 0 aliphatic rings. The van der Waals surface area contributed by atoms with Gasteiger partial charge in [0.1, 0.15) is 22.2 Å². The zero-order chi connectivity index (χ0) is 36.0. The Morgan fingerprint density at radius 1 is 0.761 bits per heavy atom. The zero-order valence-corrected chi connectivity index (χ0v) is 29.2. The number of terminal acetylenes is 1. The predicted molar refractivity (Wildman–Crippen MR) is 171 cm³/mol. The van der Waals surface area contributed by atoms with Crippen molar-refractivity contribution in [3.05, 3.63) is 70.2 Å². The second-order valence-electron chi connectivity index (χ2n) is 7.41. The van der Waals surface area contributed by atoms with Crippen molar-refractivity contribution in [1.29, 1.82) is 0 Å². The molecule has 3 aromatic heterocycles. The molecule has 0 radical (unpaired) electrons. The summed E-state index contributed by atoms with van der Waals surface area (Å²) in [6.45, 7) is 5.55. The first kappa shape index (κ1) is 44.3. The largest absolute Gasteiger partial charge is 0.480 e. The predicted octanol–water partition coefficient (Wildman–Crippen LogP) is 4.66. The van der Waals surface area contributed by atoms with E-state index in [4.69, 9.17) is 65.1 Å². The lowest BCUT2D eigenvalue weighted by molar-refractivity contribution is -0.133. The van der Waals surface area contributed by atoms with Crippen molar-refractivity contribution >= 4 is 58.3 Å². The van der Waals surface area contributed by atoms with Crippen LogP contribution in [0.25, 0.3) is 0 Å². The van der Waals surface area contributed by atoms with Crippen LogP contribution in [0.3, 0.4) is 0 Å². The quantitative estimate of drug-likeness (QED) is 0.160. The van der Waals surface area contributed by atoms with Gasteiger partial charge in [-0.1, -0.05) is 67.2 Å². The number of halogens is 4. The van der Waals surface area contributed by atoms with Gasteiger partial charge in [0.05, 0.1) is 28.4 Å². The second kappa shape index (κ2) is 24.4. The maximum atomic E-state index is 11.4. The maximum Gasteiger partial charge on any atom is 0.399 e. The van der Waals surface area contributed by atoms with Gasteiger partial charge in [0.25, 0.3) is 0 Å². The van der Waals surface area contributed by atoms with E-state index in [0.717, 1.165) is 12.7 Å². The molecule has 1 N–H and O–H groups in total. The number of nitrogens with zero attached hydrogens (tertiary/aromatic N) is 3. The Hall–Kier alpha value is -3.87. The van der Waals surface area contributed by atoms with E-state index >= 15 is 0 Å². The number of ether oxygens (including phenoxy) is 4. The molecule has 0 saturated carbocycles. The van der Waals surface area contributed by atoms with E-state index in [-0.39, 0.29) is 27.2 Å². The van der Waals surface area contributed by atoms with Gasteiger partial charge in [0.15, 0.2) is 10.3 Å². The molecule has 3 aromatic rings. The van der Waals surface area contributed by atoms with Crippen molar-refractivity contribution in [3.63, 3.8) is 0 Å². The third-order valence-electron chi connectivity index (χ3n) is 4.76. The molecular formula is C28H33Cl4N3O11. The molecule has 254 valence electrons. The van der Waals surface area contributed by atoms with Crippen LogP contribution in [0.1, 0.15) is 48.2 Å². The number of hydrogen-bond donors (Lipinski definition) is 1. The van der Waals surface area contributed by atoms with E-state index < -0.39 is 23.2 Å². The molecule has 0 amide bonds. The minimum absolute atomic E-state index is 0.114. The van der Waals surface area contributed by atoms with E-state index in [9.17, 15) is 19.2 Å². The minimum atomic E-state index is -0.645. The highest BCUT2D eigenvalue weighted by Crippen LogP contribution is 2.24. The van der Waals surface area contributed by atoms with E-state index in [1.165, 1.54) is 28.4 Å². The summed E-state index contributed by atoms with van der Waals surface area (Å²) in [5, 5.41) is 7.44. The zero-order valence-electron chi connectivity index (χ0n) is 26.2. The number of esters is 2. The average molecular weight is 729 g/mol. The maximum absolute atomic E-state index is 11.4. The van der Waals surface area contributed by atoms with Gasteiger partial charge in [-0.25, -0.2) is 29.1 Å². The first-order chi connectivity index (χ1) is 21.8. The molecule has 18 heteroatoms. The van der Waals surface area contributed by atoms with Crippen LogP contribution in [0, 0.1) is 12.3 Å². The molecule has 0 aliphatic carbocycles. The molecular weight excluding hydrogens is 696 g/mol. The van der Waals surface area contributed by atoms with Gasteiger partial charge in [0.2, 0.25) is 11.0 Å². The fraction of sp³-hybridized carbons (Fsp3) is 0.393. The molecule has 0 unspecified atom stereocenters. The van der Waals surface area contributed by atoms with E-state index in [1.54, 1.807) is 18.9 Å². The van der Waals surface area contributed by atoms with Gasteiger partial charge in [-0.2, -0.15) is 4.98 Å². The van der Waals surface area contributed by atoms with Crippen LogP contribution in [0.15, 0.2) is 24.5 Å². The van der Waals surface area contributed by atoms with E-state index in [0.29, 0.717) is 41.5 Å². The lowest BCUT2D eigenvalue weighted by atomic mass is 10.1. The highest BCUT2D eigenvalue weighted by molar-refractivity contribution is 6.32. The molecule has 0 aromatic carbocycles. The standard InChI is InChI=1S/C10H12ClNO3.C7H8ClNO3.C6H5Cl2NO2.C4H4O2.CH4O/c1-4-6-5-7(10(13)15-3)9(14-2)12-8(6)11;1-3-4-5(8)9-6(11-2)7(10)12-4;1-2-3-4(7)9-5(8)6(10)11-3;1-3-4(5)6-2;1-2/h5H,4H2,1-3H3;3H2,1-2H3;2H2,1H3;1H,2H3;2H,1H3. The first-order valence-electron chi connectivity index (χ1n) is 12.7. The molecule has 0 fully saturated rings. The summed E-state index contributed by atoms with van der Waals surface area (Å²) in [5.74, 6) is 1.45. The van der Waals surface area contributed by atoms with Crippen LogP contribution in [-0.2, 0) is 33.5 Å². The fourth-order valence-corrected chi connectivity index (χ4v) is 3.52. The summed E-state index contributed by atoms with van der Waals surface area (Å²) in [6, 6.07) is 1.64. The summed E-state index contributed by atoms with van der Waals surface area (Å²) < 4.78 is 27.7. The number of aryl methyl sites for hydroxylation is 3. The van der Waals surface area contributed by atoms with Crippen LogP contribution in [0.5, 0.6) is 11.8 Å². The molecule has 0 saturated heterocycles.